The zero-order valence-corrected chi connectivity index (χ0v) is 16.2. The van der Waals surface area contributed by atoms with Crippen molar-refractivity contribution in [3.05, 3.63) is 36.4 Å². The maximum atomic E-state index is 12.4. The van der Waals surface area contributed by atoms with Crippen LogP contribution in [0.3, 0.4) is 0 Å². The summed E-state index contributed by atoms with van der Waals surface area (Å²) in [4.78, 5) is 29.3. The van der Waals surface area contributed by atoms with Crippen LogP contribution in [-0.4, -0.2) is 60.9 Å². The number of anilines is 2. The smallest absolute Gasteiger partial charge is 0.238 e. The molecule has 0 aliphatic carbocycles. The fourth-order valence-corrected chi connectivity index (χ4v) is 4.20. The van der Waals surface area contributed by atoms with Gasteiger partial charge >= 0.3 is 0 Å². The van der Waals surface area contributed by atoms with E-state index in [1.54, 1.807) is 0 Å². The van der Waals surface area contributed by atoms with Crippen molar-refractivity contribution in [2.75, 3.05) is 49.9 Å². The third-order valence-electron chi connectivity index (χ3n) is 5.60. The van der Waals surface area contributed by atoms with E-state index in [2.05, 4.69) is 20.4 Å². The van der Waals surface area contributed by atoms with Crippen LogP contribution in [0.2, 0.25) is 0 Å². The number of amides is 2. The largest absolute Gasteiger partial charge is 0.324 e. The molecule has 0 spiro atoms. The van der Waals surface area contributed by atoms with Gasteiger partial charge in [-0.3, -0.25) is 19.4 Å². The summed E-state index contributed by atoms with van der Waals surface area (Å²) >= 11 is 0. The third-order valence-corrected chi connectivity index (χ3v) is 5.60. The lowest BCUT2D eigenvalue weighted by atomic mass is 10.1. The minimum absolute atomic E-state index is 0.0119. The Bertz CT molecular complexity index is 783. The zero-order chi connectivity index (χ0) is 19.3. The van der Waals surface area contributed by atoms with E-state index in [-0.39, 0.29) is 11.8 Å². The maximum absolute atomic E-state index is 12.4. The van der Waals surface area contributed by atoms with E-state index >= 15 is 0 Å². The van der Waals surface area contributed by atoms with Crippen LogP contribution in [-0.2, 0) is 9.59 Å². The average Bonchev–Trinajstić information content (AvgIpc) is 3.36. The van der Waals surface area contributed by atoms with Gasteiger partial charge in [0.25, 0.3) is 0 Å². The van der Waals surface area contributed by atoms with Crippen molar-refractivity contribution in [2.24, 2.45) is 0 Å². The summed E-state index contributed by atoms with van der Waals surface area (Å²) < 4.78 is 0. The van der Waals surface area contributed by atoms with Crippen molar-refractivity contribution < 1.29 is 9.59 Å². The highest BCUT2D eigenvalue weighted by Crippen LogP contribution is 2.29. The van der Waals surface area contributed by atoms with Gasteiger partial charge < -0.3 is 10.6 Å². The normalized spacial score (nSPS) is 17.9. The molecule has 2 aliphatic heterocycles. The molecular formula is C22H28N4O2. The molecule has 0 aromatic heterocycles. The molecule has 0 radical (unpaired) electrons. The lowest BCUT2D eigenvalue weighted by Gasteiger charge is -2.17. The molecule has 2 fully saturated rings. The van der Waals surface area contributed by atoms with Crippen LogP contribution in [0.15, 0.2) is 36.4 Å². The monoisotopic (exact) mass is 380 g/mol. The Labute approximate surface area is 165 Å². The number of nitrogens with zero attached hydrogens (tertiary/aromatic N) is 2. The van der Waals surface area contributed by atoms with Gasteiger partial charge in [-0.1, -0.05) is 24.3 Å². The van der Waals surface area contributed by atoms with Crippen LogP contribution >= 0.6 is 0 Å². The van der Waals surface area contributed by atoms with E-state index in [1.165, 1.54) is 25.7 Å². The van der Waals surface area contributed by atoms with Gasteiger partial charge in [-0.05, 0) is 64.0 Å². The number of nitrogens with one attached hydrogen (secondary N) is 2. The van der Waals surface area contributed by atoms with Crippen LogP contribution < -0.4 is 10.6 Å². The molecule has 0 atom stereocenters. The second-order valence-electron chi connectivity index (χ2n) is 7.77. The van der Waals surface area contributed by atoms with Gasteiger partial charge in [-0.15, -0.1) is 0 Å². The summed E-state index contributed by atoms with van der Waals surface area (Å²) in [5.74, 6) is 0.0238. The fraction of sp³-hybridized carbons (Fsp3) is 0.455. The van der Waals surface area contributed by atoms with Gasteiger partial charge in [0.05, 0.1) is 13.1 Å². The average molecular weight is 380 g/mol. The number of likely N-dealkylation sites (tertiary alicyclic amines) is 2. The maximum Gasteiger partial charge on any atom is 0.238 e. The summed E-state index contributed by atoms with van der Waals surface area (Å²) in [5, 5.41) is 7.98. The molecule has 0 bridgehead atoms. The molecule has 4 rings (SSSR count). The van der Waals surface area contributed by atoms with Crippen LogP contribution in [0, 0.1) is 0 Å². The van der Waals surface area contributed by atoms with E-state index in [1.807, 2.05) is 36.4 Å². The van der Waals surface area contributed by atoms with Gasteiger partial charge in [0.2, 0.25) is 11.8 Å². The van der Waals surface area contributed by atoms with E-state index in [9.17, 15) is 9.59 Å². The summed E-state index contributed by atoms with van der Waals surface area (Å²) in [6.07, 6.45) is 4.67. The van der Waals surface area contributed by atoms with Gasteiger partial charge in [-0.2, -0.15) is 0 Å². The lowest BCUT2D eigenvalue weighted by molar-refractivity contribution is -0.117. The Balaban J connectivity index is 1.47. The molecule has 2 saturated heterocycles. The highest BCUT2D eigenvalue weighted by atomic mass is 16.2. The van der Waals surface area contributed by atoms with E-state index in [0.717, 1.165) is 48.3 Å². The molecule has 2 aromatic carbocycles. The number of fused-ring (bicyclic) bond motifs is 1. The Kier molecular flexibility index (Phi) is 5.88. The second kappa shape index (κ2) is 8.71. The first kappa shape index (κ1) is 18.9. The predicted octanol–water partition coefficient (Wildman–Crippen LogP) is 2.91. The summed E-state index contributed by atoms with van der Waals surface area (Å²) in [6, 6.07) is 11.6. The van der Waals surface area contributed by atoms with E-state index in [4.69, 9.17) is 0 Å². The van der Waals surface area contributed by atoms with Gasteiger partial charge in [0.15, 0.2) is 0 Å². The first-order valence-corrected chi connectivity index (χ1v) is 10.3. The molecule has 6 nitrogen and oxygen atoms in total. The molecule has 2 aromatic rings. The third kappa shape index (κ3) is 4.51. The van der Waals surface area contributed by atoms with Gasteiger partial charge in [0, 0.05) is 22.1 Å². The first-order valence-electron chi connectivity index (χ1n) is 10.3. The molecule has 2 amide bonds. The quantitative estimate of drug-likeness (QED) is 0.809. The van der Waals surface area contributed by atoms with Crippen LogP contribution in [0.1, 0.15) is 25.7 Å². The molecule has 148 valence electrons. The van der Waals surface area contributed by atoms with Crippen LogP contribution in [0.4, 0.5) is 11.4 Å². The minimum atomic E-state index is 0.0119. The molecule has 0 saturated carbocycles. The Hall–Kier alpha value is -2.44. The molecule has 2 aliphatic rings. The van der Waals surface area contributed by atoms with Crippen molar-refractivity contribution >= 4 is 34.0 Å². The van der Waals surface area contributed by atoms with E-state index < -0.39 is 0 Å². The predicted molar refractivity (Wildman–Crippen MR) is 113 cm³/mol. The molecule has 6 heteroatoms. The molecular weight excluding hydrogens is 352 g/mol. The summed E-state index contributed by atoms with van der Waals surface area (Å²) in [5.41, 5.74) is 1.58. The highest BCUT2D eigenvalue weighted by molar-refractivity contribution is 6.09. The SMILES string of the molecule is O=C(CN1CCCC1)Nc1cccc2c(NC(=O)CN3CCCC3)cccc12. The first-order chi connectivity index (χ1) is 13.7. The van der Waals surface area contributed by atoms with Crippen molar-refractivity contribution in [3.63, 3.8) is 0 Å². The van der Waals surface area contributed by atoms with Crippen molar-refractivity contribution in [1.82, 2.24) is 9.80 Å². The topological polar surface area (TPSA) is 64.7 Å². The van der Waals surface area contributed by atoms with Crippen LogP contribution in [0.25, 0.3) is 10.8 Å². The Morgan fingerprint density at radius 3 is 1.46 bits per heavy atom. The summed E-state index contributed by atoms with van der Waals surface area (Å²) in [6.45, 7) is 4.85. The standard InChI is InChI=1S/C22H28N4O2/c27-21(15-25-11-1-2-12-25)23-19-9-5-8-18-17(19)7-6-10-20(18)24-22(28)16-26-13-3-4-14-26/h5-10H,1-4,11-16H2,(H,23,27)(H,24,28). The number of carbonyl (C=O) groups excluding carboxylic acids is 2. The van der Waals surface area contributed by atoms with Crippen LogP contribution in [0.5, 0.6) is 0 Å². The molecule has 28 heavy (non-hydrogen) atoms. The molecule has 0 unspecified atom stereocenters. The van der Waals surface area contributed by atoms with Gasteiger partial charge in [0.1, 0.15) is 0 Å². The number of rotatable bonds is 6. The number of hydrogen-bond acceptors (Lipinski definition) is 4. The fourth-order valence-electron chi connectivity index (χ4n) is 4.20. The number of benzene rings is 2. The van der Waals surface area contributed by atoms with E-state index in [0.29, 0.717) is 13.1 Å². The minimum Gasteiger partial charge on any atom is -0.324 e. The summed E-state index contributed by atoms with van der Waals surface area (Å²) in [7, 11) is 0. The second-order valence-corrected chi connectivity index (χ2v) is 7.77. The molecule has 2 heterocycles. The van der Waals surface area contributed by atoms with Gasteiger partial charge in [-0.25, -0.2) is 0 Å². The Morgan fingerprint density at radius 2 is 1.07 bits per heavy atom. The Morgan fingerprint density at radius 1 is 0.679 bits per heavy atom. The highest BCUT2D eigenvalue weighted by Gasteiger charge is 2.17. The van der Waals surface area contributed by atoms with Crippen molar-refractivity contribution in [1.29, 1.82) is 0 Å². The number of hydrogen-bond donors (Lipinski definition) is 2. The zero-order valence-electron chi connectivity index (χ0n) is 16.2. The number of carbonyl (C=O) groups is 2. The van der Waals surface area contributed by atoms with Crippen molar-refractivity contribution in [2.45, 2.75) is 25.7 Å². The molecule has 2 N–H and O–H groups in total. The van der Waals surface area contributed by atoms with Crippen molar-refractivity contribution in [3.8, 4) is 0 Å². The lowest BCUT2D eigenvalue weighted by Crippen LogP contribution is -2.31.